The Morgan fingerprint density at radius 2 is 1.57 bits per heavy atom. The Morgan fingerprint density at radius 1 is 1.00 bits per heavy atom. The van der Waals surface area contributed by atoms with Crippen molar-refractivity contribution in [1.82, 2.24) is 4.72 Å². The van der Waals surface area contributed by atoms with Crippen molar-refractivity contribution in [2.75, 3.05) is 7.11 Å². The van der Waals surface area contributed by atoms with Crippen molar-refractivity contribution >= 4 is 10.0 Å². The molecule has 124 valence electrons. The van der Waals surface area contributed by atoms with Crippen LogP contribution in [0.4, 0.5) is 0 Å². The van der Waals surface area contributed by atoms with Crippen LogP contribution in [0.3, 0.4) is 0 Å². The fourth-order valence-corrected chi connectivity index (χ4v) is 4.56. The Hall–Kier alpha value is -1.85. The molecule has 0 saturated heterocycles. The molecule has 0 aromatic heterocycles. The lowest BCUT2D eigenvalue weighted by atomic mass is 10.0. The third-order valence-electron chi connectivity index (χ3n) is 3.93. The average molecular weight is 333 g/mol. The van der Waals surface area contributed by atoms with Crippen LogP contribution in [0.15, 0.2) is 41.3 Å². The van der Waals surface area contributed by atoms with Gasteiger partial charge in [0.05, 0.1) is 12.0 Å². The molecule has 0 radical (unpaired) electrons. The lowest BCUT2D eigenvalue weighted by molar-refractivity contribution is 0.413. The molecule has 2 aromatic carbocycles. The van der Waals surface area contributed by atoms with Crippen molar-refractivity contribution in [2.45, 2.75) is 38.6 Å². The smallest absolute Gasteiger partial charge is 0.241 e. The number of ether oxygens (including phenoxy) is 1. The summed E-state index contributed by atoms with van der Waals surface area (Å²) in [5.74, 6) is 0.658. The molecular formula is C18H23NO3S. The minimum absolute atomic E-state index is 0.304. The molecular weight excluding hydrogens is 310 g/mol. The number of methoxy groups -OCH3 is 1. The molecule has 0 aliphatic carbocycles. The number of hydrogen-bond acceptors (Lipinski definition) is 3. The van der Waals surface area contributed by atoms with Gasteiger partial charge >= 0.3 is 0 Å². The fraction of sp³-hybridized carbons (Fsp3) is 0.333. The van der Waals surface area contributed by atoms with Crippen LogP contribution in [-0.4, -0.2) is 15.5 Å². The van der Waals surface area contributed by atoms with Crippen LogP contribution in [0.2, 0.25) is 0 Å². The highest BCUT2D eigenvalue weighted by atomic mass is 32.2. The summed E-state index contributed by atoms with van der Waals surface area (Å²) < 4.78 is 33.6. The number of aryl methyl sites for hydroxylation is 3. The van der Waals surface area contributed by atoms with Crippen molar-refractivity contribution < 1.29 is 13.2 Å². The Kier molecular flexibility index (Phi) is 5.12. The number of sulfonamides is 1. The third kappa shape index (κ3) is 3.74. The van der Waals surface area contributed by atoms with E-state index in [4.69, 9.17) is 4.74 Å². The lowest BCUT2D eigenvalue weighted by Gasteiger charge is -2.19. The van der Waals surface area contributed by atoms with Crippen molar-refractivity contribution in [3.8, 4) is 5.75 Å². The van der Waals surface area contributed by atoms with Gasteiger partial charge in [-0.1, -0.05) is 24.3 Å². The quantitative estimate of drug-likeness (QED) is 0.908. The second kappa shape index (κ2) is 6.72. The zero-order chi connectivity index (χ0) is 17.2. The number of hydrogen-bond donors (Lipinski definition) is 1. The van der Waals surface area contributed by atoms with Gasteiger partial charge in [0.25, 0.3) is 0 Å². The van der Waals surface area contributed by atoms with E-state index in [1.807, 2.05) is 38.1 Å². The van der Waals surface area contributed by atoms with Gasteiger partial charge in [0.2, 0.25) is 10.0 Å². The van der Waals surface area contributed by atoms with Crippen LogP contribution in [0, 0.1) is 20.8 Å². The molecule has 0 bridgehead atoms. The summed E-state index contributed by atoms with van der Waals surface area (Å²) in [7, 11) is -2.05. The lowest BCUT2D eigenvalue weighted by Crippen LogP contribution is -2.28. The molecule has 0 spiro atoms. The fourth-order valence-electron chi connectivity index (χ4n) is 2.88. The second-order valence-electron chi connectivity index (χ2n) is 5.79. The van der Waals surface area contributed by atoms with E-state index in [1.165, 1.54) is 0 Å². The van der Waals surface area contributed by atoms with Gasteiger partial charge in [-0.25, -0.2) is 13.1 Å². The molecule has 2 aromatic rings. The van der Waals surface area contributed by atoms with E-state index in [-0.39, 0.29) is 6.04 Å². The summed E-state index contributed by atoms with van der Waals surface area (Å²) in [5, 5.41) is 0. The summed E-state index contributed by atoms with van der Waals surface area (Å²) in [6.45, 7) is 7.39. The van der Waals surface area contributed by atoms with Gasteiger partial charge in [0.1, 0.15) is 5.75 Å². The van der Waals surface area contributed by atoms with E-state index in [0.717, 1.165) is 11.1 Å². The van der Waals surface area contributed by atoms with Gasteiger partial charge in [-0.05, 0) is 62.1 Å². The van der Waals surface area contributed by atoms with Gasteiger partial charge in [0.15, 0.2) is 0 Å². The molecule has 0 amide bonds. The average Bonchev–Trinajstić information content (AvgIpc) is 2.45. The first kappa shape index (κ1) is 17.5. The second-order valence-corrected chi connectivity index (χ2v) is 7.44. The van der Waals surface area contributed by atoms with E-state index in [2.05, 4.69) is 4.72 Å². The zero-order valence-electron chi connectivity index (χ0n) is 14.2. The first-order chi connectivity index (χ1) is 10.8. The molecule has 0 aliphatic rings. The molecule has 0 saturated carbocycles. The largest absolute Gasteiger partial charge is 0.497 e. The Morgan fingerprint density at radius 3 is 2.09 bits per heavy atom. The van der Waals surface area contributed by atoms with E-state index >= 15 is 0 Å². The molecule has 23 heavy (non-hydrogen) atoms. The molecule has 1 atom stereocenters. The number of nitrogens with one attached hydrogen (secondary N) is 1. The standard InChI is InChI=1S/C18H23NO3S/c1-12-8-6-7-9-17(12)15(4)19-23(20,21)18-13(2)10-16(22-5)11-14(18)3/h6-11,15,19H,1-5H3/t15-/m1/s1. The van der Waals surface area contributed by atoms with Gasteiger partial charge in [-0.2, -0.15) is 0 Å². The van der Waals surface area contributed by atoms with Crippen molar-refractivity contribution in [2.24, 2.45) is 0 Å². The van der Waals surface area contributed by atoms with Gasteiger partial charge in [0, 0.05) is 6.04 Å². The first-order valence-corrected chi connectivity index (χ1v) is 8.97. The number of benzene rings is 2. The molecule has 4 nitrogen and oxygen atoms in total. The maximum atomic E-state index is 12.8. The maximum Gasteiger partial charge on any atom is 0.241 e. The molecule has 2 rings (SSSR count). The van der Waals surface area contributed by atoms with Crippen LogP contribution in [-0.2, 0) is 10.0 Å². The van der Waals surface area contributed by atoms with E-state index in [0.29, 0.717) is 21.8 Å². The molecule has 0 unspecified atom stereocenters. The highest BCUT2D eigenvalue weighted by Crippen LogP contribution is 2.27. The van der Waals surface area contributed by atoms with Crippen LogP contribution < -0.4 is 9.46 Å². The topological polar surface area (TPSA) is 55.4 Å². The van der Waals surface area contributed by atoms with Gasteiger partial charge in [-0.3, -0.25) is 0 Å². The Labute approximate surface area is 138 Å². The highest BCUT2D eigenvalue weighted by Gasteiger charge is 2.23. The first-order valence-electron chi connectivity index (χ1n) is 7.49. The monoisotopic (exact) mass is 333 g/mol. The van der Waals surface area contributed by atoms with Crippen LogP contribution in [0.5, 0.6) is 5.75 Å². The predicted molar refractivity (Wildman–Crippen MR) is 92.4 cm³/mol. The summed E-state index contributed by atoms with van der Waals surface area (Å²) in [5.41, 5.74) is 3.38. The molecule has 1 N–H and O–H groups in total. The summed E-state index contributed by atoms with van der Waals surface area (Å²) in [6, 6.07) is 10.9. The van der Waals surface area contributed by atoms with E-state index in [9.17, 15) is 8.42 Å². The Bertz CT molecular complexity index is 790. The van der Waals surface area contributed by atoms with Crippen LogP contribution in [0.25, 0.3) is 0 Å². The predicted octanol–water partition coefficient (Wildman–Crippen LogP) is 3.66. The number of rotatable bonds is 5. The van der Waals surface area contributed by atoms with Crippen molar-refractivity contribution in [3.63, 3.8) is 0 Å². The minimum atomic E-state index is -3.62. The molecule has 0 heterocycles. The summed E-state index contributed by atoms with van der Waals surface area (Å²) in [6.07, 6.45) is 0. The van der Waals surface area contributed by atoms with Gasteiger partial charge < -0.3 is 4.74 Å². The van der Waals surface area contributed by atoms with Crippen molar-refractivity contribution in [3.05, 3.63) is 58.7 Å². The van der Waals surface area contributed by atoms with E-state index in [1.54, 1.807) is 33.1 Å². The molecule has 5 heteroatoms. The minimum Gasteiger partial charge on any atom is -0.497 e. The van der Waals surface area contributed by atoms with E-state index < -0.39 is 10.0 Å². The molecule has 0 aliphatic heterocycles. The molecule has 0 fully saturated rings. The van der Waals surface area contributed by atoms with Crippen LogP contribution in [0.1, 0.15) is 35.2 Å². The SMILES string of the molecule is COc1cc(C)c(S(=O)(=O)N[C@H](C)c2ccccc2C)c(C)c1. The van der Waals surface area contributed by atoms with Crippen LogP contribution >= 0.6 is 0 Å². The zero-order valence-corrected chi connectivity index (χ0v) is 15.0. The van der Waals surface area contributed by atoms with Gasteiger partial charge in [-0.15, -0.1) is 0 Å². The summed E-state index contributed by atoms with van der Waals surface area (Å²) >= 11 is 0. The summed E-state index contributed by atoms with van der Waals surface area (Å²) in [4.78, 5) is 0.318. The normalized spacial score (nSPS) is 12.9. The maximum absolute atomic E-state index is 12.8. The van der Waals surface area contributed by atoms with Crippen molar-refractivity contribution in [1.29, 1.82) is 0 Å². The third-order valence-corrected chi connectivity index (χ3v) is 5.77. The Balaban J connectivity index is 2.38. The highest BCUT2D eigenvalue weighted by molar-refractivity contribution is 7.89.